The van der Waals surface area contributed by atoms with Gasteiger partial charge in [-0.25, -0.2) is 9.97 Å². The lowest BCUT2D eigenvalue weighted by Crippen LogP contribution is -2.56. The van der Waals surface area contributed by atoms with E-state index in [1.165, 1.54) is 17.5 Å². The molecule has 9 nitrogen and oxygen atoms in total. The van der Waals surface area contributed by atoms with Crippen LogP contribution in [0, 0.1) is 0 Å². The fourth-order valence-electron chi connectivity index (χ4n) is 4.87. The van der Waals surface area contributed by atoms with Gasteiger partial charge in [0.05, 0.1) is 6.04 Å². The summed E-state index contributed by atoms with van der Waals surface area (Å²) in [6.07, 6.45) is 8.67. The maximum Gasteiger partial charge on any atom is 0.238 e. The molecule has 5 rings (SSSR count). The van der Waals surface area contributed by atoms with Crippen LogP contribution < -0.4 is 10.2 Å². The smallest absolute Gasteiger partial charge is 0.238 e. The Morgan fingerprint density at radius 2 is 2.00 bits per heavy atom. The molecule has 1 saturated heterocycles. The molecule has 3 heterocycles. The Morgan fingerprint density at radius 3 is 2.80 bits per heavy atom. The molecular formula is C25H28ClN7O2. The van der Waals surface area contributed by atoms with Crippen LogP contribution in [0.15, 0.2) is 43.0 Å². The van der Waals surface area contributed by atoms with Crippen LogP contribution >= 0.6 is 11.6 Å². The van der Waals surface area contributed by atoms with Crippen LogP contribution in [-0.2, 0) is 29.0 Å². The Hall–Kier alpha value is -3.46. The van der Waals surface area contributed by atoms with Gasteiger partial charge in [-0.2, -0.15) is 4.98 Å². The van der Waals surface area contributed by atoms with Crippen molar-refractivity contribution in [1.82, 2.24) is 29.7 Å². The number of amides is 2. The number of carbonyl (C=O) groups excluding carboxylic acids is 2. The van der Waals surface area contributed by atoms with Crippen molar-refractivity contribution in [3.63, 3.8) is 0 Å². The quantitative estimate of drug-likeness (QED) is 0.530. The summed E-state index contributed by atoms with van der Waals surface area (Å²) in [6.45, 7) is 3.56. The van der Waals surface area contributed by atoms with Gasteiger partial charge in [0.25, 0.3) is 0 Å². The predicted octanol–water partition coefficient (Wildman–Crippen LogP) is 2.55. The molecule has 0 saturated carbocycles. The summed E-state index contributed by atoms with van der Waals surface area (Å²) in [4.78, 5) is 41.9. The van der Waals surface area contributed by atoms with Gasteiger partial charge in [0.15, 0.2) is 0 Å². The van der Waals surface area contributed by atoms with Gasteiger partial charge in [-0.3, -0.25) is 14.2 Å². The molecule has 1 unspecified atom stereocenters. The van der Waals surface area contributed by atoms with E-state index in [1.54, 1.807) is 41.2 Å². The molecule has 0 spiro atoms. The van der Waals surface area contributed by atoms with E-state index >= 15 is 0 Å². The summed E-state index contributed by atoms with van der Waals surface area (Å²) in [5.41, 5.74) is 3.92. The topological polar surface area (TPSA) is 96.2 Å². The summed E-state index contributed by atoms with van der Waals surface area (Å²) in [5.74, 6) is 0.945. The number of hydrogen-bond acceptors (Lipinski definition) is 6. The van der Waals surface area contributed by atoms with Gasteiger partial charge in [0.2, 0.25) is 17.8 Å². The van der Waals surface area contributed by atoms with Gasteiger partial charge in [0.1, 0.15) is 17.3 Å². The van der Waals surface area contributed by atoms with Crippen molar-refractivity contribution >= 4 is 29.2 Å². The van der Waals surface area contributed by atoms with Crippen molar-refractivity contribution in [2.24, 2.45) is 0 Å². The fraction of sp³-hybridized carbons (Fsp3) is 0.400. The number of halogens is 1. The van der Waals surface area contributed by atoms with Crippen LogP contribution in [0.2, 0.25) is 5.15 Å². The fourth-order valence-corrected chi connectivity index (χ4v) is 5.05. The Bertz CT molecular complexity index is 1230. The van der Waals surface area contributed by atoms with Gasteiger partial charge in [0, 0.05) is 58.0 Å². The summed E-state index contributed by atoms with van der Waals surface area (Å²) >= 11 is 6.32. The largest absolute Gasteiger partial charge is 0.352 e. The van der Waals surface area contributed by atoms with Crippen molar-refractivity contribution in [2.45, 2.75) is 45.2 Å². The lowest BCUT2D eigenvalue weighted by atomic mass is 10.1. The van der Waals surface area contributed by atoms with Gasteiger partial charge < -0.3 is 15.1 Å². The highest BCUT2D eigenvalue weighted by Gasteiger charge is 2.31. The second-order valence-corrected chi connectivity index (χ2v) is 9.46. The highest BCUT2D eigenvalue weighted by atomic mass is 35.5. The Labute approximate surface area is 209 Å². The van der Waals surface area contributed by atoms with E-state index in [0.717, 1.165) is 18.4 Å². The first kappa shape index (κ1) is 23.3. The number of imidazole rings is 1. The first-order chi connectivity index (χ1) is 17.0. The van der Waals surface area contributed by atoms with Crippen molar-refractivity contribution in [3.05, 3.63) is 64.8 Å². The molecule has 0 bridgehead atoms. The number of fused-ring (bicyclic) bond motifs is 1. The first-order valence-electron chi connectivity index (χ1n) is 11.9. The molecule has 2 aliphatic rings. The van der Waals surface area contributed by atoms with E-state index in [2.05, 4.69) is 38.5 Å². The normalized spacial score (nSPS) is 17.4. The van der Waals surface area contributed by atoms with E-state index in [9.17, 15) is 9.59 Å². The zero-order chi connectivity index (χ0) is 24.4. The molecule has 182 valence electrons. The van der Waals surface area contributed by atoms with Crippen LogP contribution in [0.5, 0.6) is 0 Å². The Balaban J connectivity index is 1.31. The summed E-state index contributed by atoms with van der Waals surface area (Å²) in [7, 11) is 0. The van der Waals surface area contributed by atoms with Crippen molar-refractivity contribution in [3.8, 4) is 5.95 Å². The molecular weight excluding hydrogens is 466 g/mol. The number of piperazine rings is 1. The summed E-state index contributed by atoms with van der Waals surface area (Å²) < 4.78 is 1.68. The maximum absolute atomic E-state index is 13.0. The van der Waals surface area contributed by atoms with E-state index in [1.807, 2.05) is 4.90 Å². The molecule has 1 atom stereocenters. The number of nitrogens with one attached hydrogen (secondary N) is 1. The number of aryl methyl sites for hydroxylation is 2. The third kappa shape index (κ3) is 5.30. The number of rotatable bonds is 6. The van der Waals surface area contributed by atoms with E-state index in [0.29, 0.717) is 43.1 Å². The number of nitrogens with zero attached hydrogens (tertiary/aromatic N) is 6. The summed E-state index contributed by atoms with van der Waals surface area (Å²) in [6, 6.07) is 7.92. The van der Waals surface area contributed by atoms with Gasteiger partial charge in [-0.15, -0.1) is 0 Å². The van der Waals surface area contributed by atoms with Crippen LogP contribution in [0.1, 0.15) is 36.5 Å². The zero-order valence-electron chi connectivity index (χ0n) is 19.7. The number of hydrogen-bond donors (Lipinski definition) is 1. The van der Waals surface area contributed by atoms with Gasteiger partial charge in [-0.05, 0) is 36.0 Å². The lowest BCUT2D eigenvalue weighted by molar-refractivity contribution is -0.130. The minimum atomic E-state index is -0.241. The monoisotopic (exact) mass is 493 g/mol. The second kappa shape index (κ2) is 10.0. The molecule has 1 N–H and O–H groups in total. The molecule has 1 fully saturated rings. The minimum Gasteiger partial charge on any atom is -0.352 e. The van der Waals surface area contributed by atoms with Crippen LogP contribution in [0.3, 0.4) is 0 Å². The van der Waals surface area contributed by atoms with E-state index < -0.39 is 0 Å². The SMILES string of the molecule is CC(=O)N1CCN(c2cc(Cl)nc(-n3ccnc3)n2)C(CC(=O)NCc2ccc3c(c2)CCC3)C1. The molecule has 1 aliphatic heterocycles. The van der Waals surface area contributed by atoms with Crippen molar-refractivity contribution < 1.29 is 9.59 Å². The summed E-state index contributed by atoms with van der Waals surface area (Å²) in [5, 5.41) is 3.36. The minimum absolute atomic E-state index is 0.00646. The lowest BCUT2D eigenvalue weighted by Gasteiger charge is -2.41. The second-order valence-electron chi connectivity index (χ2n) is 9.07. The molecule has 2 amide bonds. The number of benzene rings is 1. The number of anilines is 1. The highest BCUT2D eigenvalue weighted by Crippen LogP contribution is 2.25. The van der Waals surface area contributed by atoms with E-state index in [4.69, 9.17) is 11.6 Å². The van der Waals surface area contributed by atoms with Crippen molar-refractivity contribution in [1.29, 1.82) is 0 Å². The predicted molar refractivity (Wildman–Crippen MR) is 132 cm³/mol. The standard InChI is InChI=1S/C25H28ClN7O2/c1-17(34)31-9-10-33(23-13-22(26)29-25(30-23)32-8-7-27-16-32)21(15-31)12-24(35)28-14-18-5-6-19-3-2-4-20(19)11-18/h5-8,11,13,16,21H,2-4,9-10,12,14-15H2,1H3,(H,28,35). The Kier molecular flexibility index (Phi) is 6.68. The molecule has 0 radical (unpaired) electrons. The Morgan fingerprint density at radius 1 is 1.14 bits per heavy atom. The van der Waals surface area contributed by atoms with Crippen molar-refractivity contribution in [2.75, 3.05) is 24.5 Å². The first-order valence-corrected chi connectivity index (χ1v) is 12.3. The zero-order valence-corrected chi connectivity index (χ0v) is 20.4. The van der Waals surface area contributed by atoms with Crippen LogP contribution in [0.25, 0.3) is 5.95 Å². The van der Waals surface area contributed by atoms with Gasteiger partial charge in [-0.1, -0.05) is 29.8 Å². The molecule has 10 heteroatoms. The van der Waals surface area contributed by atoms with Crippen LogP contribution in [-0.4, -0.2) is 61.9 Å². The average molecular weight is 494 g/mol. The third-order valence-electron chi connectivity index (χ3n) is 6.70. The number of aromatic nitrogens is 4. The van der Waals surface area contributed by atoms with Gasteiger partial charge >= 0.3 is 0 Å². The maximum atomic E-state index is 13.0. The molecule has 3 aromatic rings. The molecule has 1 aliphatic carbocycles. The van der Waals surface area contributed by atoms with E-state index in [-0.39, 0.29) is 24.3 Å². The molecule has 2 aromatic heterocycles. The number of carbonyl (C=O) groups is 2. The molecule has 1 aromatic carbocycles. The molecule has 35 heavy (non-hydrogen) atoms. The average Bonchev–Trinajstić information content (AvgIpc) is 3.54. The van der Waals surface area contributed by atoms with Crippen LogP contribution in [0.4, 0.5) is 5.82 Å². The third-order valence-corrected chi connectivity index (χ3v) is 6.89. The highest BCUT2D eigenvalue weighted by molar-refractivity contribution is 6.29.